The van der Waals surface area contributed by atoms with E-state index in [0.29, 0.717) is 30.4 Å². The molecule has 3 rings (SSSR count). The van der Waals surface area contributed by atoms with Crippen LogP contribution in [-0.2, 0) is 17.8 Å². The van der Waals surface area contributed by atoms with Crippen LogP contribution in [0.5, 0.6) is 0 Å². The maximum Gasteiger partial charge on any atom is 0.227 e. The van der Waals surface area contributed by atoms with E-state index in [-0.39, 0.29) is 12.3 Å². The smallest absolute Gasteiger partial charge is 0.227 e. The summed E-state index contributed by atoms with van der Waals surface area (Å²) in [4.78, 5) is 15.9. The molecule has 0 spiro atoms. The van der Waals surface area contributed by atoms with Gasteiger partial charge in [-0.15, -0.1) is 0 Å². The van der Waals surface area contributed by atoms with Crippen LogP contribution in [0.15, 0.2) is 27.5 Å². The van der Waals surface area contributed by atoms with E-state index in [1.54, 1.807) is 17.5 Å². The van der Waals surface area contributed by atoms with Gasteiger partial charge in [-0.2, -0.15) is 31.7 Å². The second kappa shape index (κ2) is 6.27. The Labute approximate surface area is 123 Å². The minimum atomic E-state index is -0.103. The second-order valence-corrected chi connectivity index (χ2v) is 5.04. The van der Waals surface area contributed by atoms with Crippen LogP contribution in [0, 0.1) is 0 Å². The maximum absolute atomic E-state index is 11.7. The van der Waals surface area contributed by atoms with Crippen LogP contribution in [0.1, 0.15) is 18.0 Å². The Morgan fingerprint density at radius 3 is 3.19 bits per heavy atom. The van der Waals surface area contributed by atoms with Crippen molar-refractivity contribution in [1.29, 1.82) is 0 Å². The summed E-state index contributed by atoms with van der Waals surface area (Å²) in [6, 6.07) is 1.92. The van der Waals surface area contributed by atoms with E-state index in [1.165, 1.54) is 0 Å². The number of aromatic nitrogens is 5. The van der Waals surface area contributed by atoms with Crippen LogP contribution in [0.2, 0.25) is 0 Å². The summed E-state index contributed by atoms with van der Waals surface area (Å²) in [6.07, 6.45) is 2.25. The topological polar surface area (TPSA) is 110 Å². The number of aromatic amines is 1. The molecule has 0 saturated heterocycles. The van der Waals surface area contributed by atoms with Gasteiger partial charge < -0.3 is 9.84 Å². The van der Waals surface area contributed by atoms with Crippen molar-refractivity contribution in [1.82, 2.24) is 30.9 Å². The van der Waals surface area contributed by atoms with Gasteiger partial charge in [0.15, 0.2) is 0 Å². The number of amides is 1. The van der Waals surface area contributed by atoms with Gasteiger partial charge in [-0.3, -0.25) is 4.79 Å². The Hall–Kier alpha value is -2.55. The lowest BCUT2D eigenvalue weighted by molar-refractivity contribution is -0.121. The maximum atomic E-state index is 11.7. The van der Waals surface area contributed by atoms with Crippen LogP contribution in [0.3, 0.4) is 0 Å². The third kappa shape index (κ3) is 3.51. The Kier molecular flexibility index (Phi) is 4.01. The molecular weight excluding hydrogens is 292 g/mol. The molecule has 0 unspecified atom stereocenters. The van der Waals surface area contributed by atoms with Crippen molar-refractivity contribution in [2.45, 2.75) is 19.4 Å². The van der Waals surface area contributed by atoms with E-state index in [1.807, 2.05) is 16.8 Å². The highest BCUT2D eigenvalue weighted by Crippen LogP contribution is 2.18. The summed E-state index contributed by atoms with van der Waals surface area (Å²) < 4.78 is 5.13. The first-order chi connectivity index (χ1) is 10.3. The summed E-state index contributed by atoms with van der Waals surface area (Å²) in [5.74, 6) is 0.898. The van der Waals surface area contributed by atoms with Crippen molar-refractivity contribution < 1.29 is 9.32 Å². The van der Waals surface area contributed by atoms with Gasteiger partial charge in [0.05, 0.1) is 12.7 Å². The summed E-state index contributed by atoms with van der Waals surface area (Å²) in [6.45, 7) is 0.347. The van der Waals surface area contributed by atoms with E-state index in [0.717, 1.165) is 5.56 Å². The fourth-order valence-corrected chi connectivity index (χ4v) is 2.31. The molecule has 3 aromatic rings. The molecule has 0 bridgehead atoms. The van der Waals surface area contributed by atoms with E-state index in [9.17, 15) is 4.79 Å². The third-order valence-electron chi connectivity index (χ3n) is 2.74. The molecule has 0 aromatic carbocycles. The number of nitrogens with zero attached hydrogens (tertiary/aromatic N) is 4. The molecule has 0 radical (unpaired) electrons. The van der Waals surface area contributed by atoms with Crippen molar-refractivity contribution >= 4 is 17.2 Å². The quantitative estimate of drug-likeness (QED) is 0.707. The number of nitrogens with one attached hydrogen (secondary N) is 2. The van der Waals surface area contributed by atoms with Crippen LogP contribution >= 0.6 is 11.3 Å². The molecule has 8 nitrogen and oxygen atoms in total. The second-order valence-electron chi connectivity index (χ2n) is 4.26. The molecular formula is C12H12N6O2S. The molecule has 0 aliphatic carbocycles. The molecule has 3 aromatic heterocycles. The Morgan fingerprint density at radius 1 is 1.48 bits per heavy atom. The molecule has 2 N–H and O–H groups in total. The zero-order valence-electron chi connectivity index (χ0n) is 10.9. The molecule has 21 heavy (non-hydrogen) atoms. The molecule has 108 valence electrons. The molecule has 1 amide bonds. The zero-order valence-corrected chi connectivity index (χ0v) is 11.8. The number of H-pyrrole nitrogens is 1. The van der Waals surface area contributed by atoms with E-state index in [2.05, 4.69) is 30.9 Å². The molecule has 0 saturated carbocycles. The summed E-state index contributed by atoms with van der Waals surface area (Å²) in [5.41, 5.74) is 1.60. The zero-order chi connectivity index (χ0) is 14.5. The molecule has 3 heterocycles. The first-order valence-corrected chi connectivity index (χ1v) is 7.22. The van der Waals surface area contributed by atoms with Crippen molar-refractivity contribution in [3.05, 3.63) is 34.6 Å². The molecule has 0 aliphatic rings. The van der Waals surface area contributed by atoms with Gasteiger partial charge in [-0.05, 0) is 11.4 Å². The van der Waals surface area contributed by atoms with Gasteiger partial charge in [0.2, 0.25) is 17.6 Å². The fourth-order valence-electron chi connectivity index (χ4n) is 1.67. The predicted octanol–water partition coefficient (Wildman–Crippen LogP) is 1.17. The summed E-state index contributed by atoms with van der Waals surface area (Å²) in [5, 5.41) is 20.5. The van der Waals surface area contributed by atoms with Gasteiger partial charge in [0.1, 0.15) is 5.69 Å². The van der Waals surface area contributed by atoms with Gasteiger partial charge in [0, 0.05) is 23.8 Å². The van der Waals surface area contributed by atoms with Crippen molar-refractivity contribution in [3.8, 4) is 11.4 Å². The molecule has 0 fully saturated rings. The predicted molar refractivity (Wildman–Crippen MR) is 74.2 cm³/mol. The lowest BCUT2D eigenvalue weighted by atomic mass is 10.3. The number of rotatable bonds is 6. The highest BCUT2D eigenvalue weighted by atomic mass is 32.1. The van der Waals surface area contributed by atoms with Gasteiger partial charge in [-0.1, -0.05) is 5.16 Å². The fraction of sp³-hybridized carbons (Fsp3) is 0.250. The molecule has 0 atom stereocenters. The largest absolute Gasteiger partial charge is 0.350 e. The molecule has 0 aliphatic heterocycles. The van der Waals surface area contributed by atoms with Crippen LogP contribution in [0.25, 0.3) is 11.4 Å². The highest BCUT2D eigenvalue weighted by molar-refractivity contribution is 7.08. The van der Waals surface area contributed by atoms with Gasteiger partial charge in [-0.25, -0.2) is 0 Å². The summed E-state index contributed by atoms with van der Waals surface area (Å²) in [7, 11) is 0. The average molecular weight is 304 g/mol. The minimum Gasteiger partial charge on any atom is -0.350 e. The number of thiophene rings is 1. The van der Waals surface area contributed by atoms with Crippen LogP contribution < -0.4 is 5.32 Å². The van der Waals surface area contributed by atoms with Crippen LogP contribution in [0.4, 0.5) is 0 Å². The summed E-state index contributed by atoms with van der Waals surface area (Å²) >= 11 is 1.57. The Morgan fingerprint density at radius 2 is 2.43 bits per heavy atom. The number of carbonyl (C=O) groups excluding carboxylic acids is 1. The number of carbonyl (C=O) groups is 1. The number of hydrogen-bond acceptors (Lipinski definition) is 7. The average Bonchev–Trinajstić information content (AvgIpc) is 3.24. The third-order valence-corrected chi connectivity index (χ3v) is 3.43. The standard InChI is InChI=1S/C12H12N6O2S/c19-10(13-5-9-6-14-18-16-9)1-2-11-15-12(17-20-11)8-3-4-21-7-8/h3-4,6-7H,1-2,5H2,(H,13,19)(H,14,16,18). The first kappa shape index (κ1) is 13.4. The number of hydrogen-bond donors (Lipinski definition) is 2. The Bertz CT molecular complexity index is 691. The minimum absolute atomic E-state index is 0.103. The Balaban J connectivity index is 1.47. The van der Waals surface area contributed by atoms with E-state index < -0.39 is 0 Å². The first-order valence-electron chi connectivity index (χ1n) is 6.28. The van der Waals surface area contributed by atoms with Crippen LogP contribution in [-0.4, -0.2) is 31.5 Å². The van der Waals surface area contributed by atoms with Gasteiger partial charge >= 0.3 is 0 Å². The van der Waals surface area contributed by atoms with Crippen molar-refractivity contribution in [3.63, 3.8) is 0 Å². The number of aryl methyl sites for hydroxylation is 1. The van der Waals surface area contributed by atoms with Crippen molar-refractivity contribution in [2.75, 3.05) is 0 Å². The highest BCUT2D eigenvalue weighted by Gasteiger charge is 2.11. The molecule has 9 heteroatoms. The monoisotopic (exact) mass is 304 g/mol. The normalized spacial score (nSPS) is 10.7. The van der Waals surface area contributed by atoms with Gasteiger partial charge in [0.25, 0.3) is 0 Å². The lowest BCUT2D eigenvalue weighted by Gasteiger charge is -2.00. The van der Waals surface area contributed by atoms with E-state index >= 15 is 0 Å². The van der Waals surface area contributed by atoms with E-state index in [4.69, 9.17) is 4.52 Å². The SMILES string of the molecule is O=C(CCc1nc(-c2ccsc2)no1)NCc1cn[nH]n1. The lowest BCUT2D eigenvalue weighted by Crippen LogP contribution is -2.23. The van der Waals surface area contributed by atoms with Crippen molar-refractivity contribution in [2.24, 2.45) is 0 Å².